The van der Waals surface area contributed by atoms with Crippen LogP contribution >= 0.6 is 0 Å². The number of rotatable bonds is 8. The topological polar surface area (TPSA) is 107 Å². The summed E-state index contributed by atoms with van der Waals surface area (Å²) in [7, 11) is 0. The molecule has 0 radical (unpaired) electrons. The van der Waals surface area contributed by atoms with E-state index in [1.807, 2.05) is 0 Å². The summed E-state index contributed by atoms with van der Waals surface area (Å²) in [5.41, 5.74) is 0.0839. The van der Waals surface area contributed by atoms with E-state index in [9.17, 15) is 14.4 Å². The van der Waals surface area contributed by atoms with E-state index >= 15 is 0 Å². The molecule has 9 nitrogen and oxygen atoms in total. The normalized spacial score (nSPS) is 10.5. The van der Waals surface area contributed by atoms with E-state index in [0.717, 1.165) is 6.26 Å². The van der Waals surface area contributed by atoms with E-state index < -0.39 is 17.9 Å². The summed E-state index contributed by atoms with van der Waals surface area (Å²) in [5, 5.41) is 11.4. The van der Waals surface area contributed by atoms with E-state index in [4.69, 9.17) is 0 Å². The van der Waals surface area contributed by atoms with E-state index in [1.165, 1.54) is 20.8 Å². The summed E-state index contributed by atoms with van der Waals surface area (Å²) in [4.78, 5) is 41.1. The van der Waals surface area contributed by atoms with Crippen molar-refractivity contribution in [3.05, 3.63) is 36.1 Å². The molecule has 0 saturated heterocycles. The molecular weight excluding hydrogens is 288 g/mol. The van der Waals surface area contributed by atoms with Crippen LogP contribution in [-0.2, 0) is 44.0 Å². The van der Waals surface area contributed by atoms with Gasteiger partial charge >= 0.3 is 17.9 Å². The lowest BCUT2D eigenvalue weighted by atomic mass is 10.3. The zero-order chi connectivity index (χ0) is 16.4. The van der Waals surface area contributed by atoms with E-state index in [0.29, 0.717) is 0 Å². The van der Waals surface area contributed by atoms with Crippen LogP contribution in [-0.4, -0.2) is 17.9 Å². The third-order valence-electron chi connectivity index (χ3n) is 1.64. The van der Waals surface area contributed by atoms with Crippen molar-refractivity contribution < 1.29 is 44.0 Å². The molecule has 0 aromatic rings. The molecule has 0 saturated carbocycles. The van der Waals surface area contributed by atoms with Gasteiger partial charge in [-0.3, -0.25) is 9.78 Å². The fourth-order valence-corrected chi connectivity index (χ4v) is 0.528. The molecule has 0 fully saturated rings. The fourth-order valence-electron chi connectivity index (χ4n) is 0.528. The van der Waals surface area contributed by atoms with Crippen molar-refractivity contribution in [1.29, 1.82) is 0 Å². The molecule has 0 unspecified atom stereocenters. The van der Waals surface area contributed by atoms with Gasteiger partial charge in [0.25, 0.3) is 0 Å². The highest BCUT2D eigenvalue weighted by Gasteiger charge is 2.11. The van der Waals surface area contributed by atoms with Crippen LogP contribution in [0.4, 0.5) is 0 Å². The molecule has 9 heteroatoms. The molecule has 0 N–H and O–H groups in total. The third kappa shape index (κ3) is 8.31. The third-order valence-corrected chi connectivity index (χ3v) is 1.64. The van der Waals surface area contributed by atoms with Crippen LogP contribution in [0.1, 0.15) is 20.8 Å². The fraction of sp³-hybridized carbons (Fsp3) is 0.250. The predicted molar refractivity (Wildman–Crippen MR) is 64.9 cm³/mol. The van der Waals surface area contributed by atoms with Crippen LogP contribution in [0.2, 0.25) is 0 Å². The van der Waals surface area contributed by atoms with E-state index in [1.54, 1.807) is 0 Å². The summed E-state index contributed by atoms with van der Waals surface area (Å²) >= 11 is 0. The molecule has 0 aromatic carbocycles. The van der Waals surface area contributed by atoms with Crippen LogP contribution in [0.3, 0.4) is 0 Å². The molecule has 0 heterocycles. The van der Waals surface area contributed by atoms with Crippen LogP contribution in [0, 0.1) is 0 Å². The van der Waals surface area contributed by atoms with Crippen LogP contribution in [0.5, 0.6) is 0 Å². The first kappa shape index (κ1) is 18.5. The SMILES string of the molecule is C=C(C)C(=O)O/C=C(\C)C(=O)OOOOOC(=O)C(=C)C. The molecule has 0 rings (SSSR count). The Bertz CT molecular complexity index is 475. The highest BCUT2D eigenvalue weighted by Crippen LogP contribution is 2.01. The maximum atomic E-state index is 11.2. The monoisotopic (exact) mass is 302 g/mol. The molecule has 0 aromatic heterocycles. The highest BCUT2D eigenvalue weighted by atomic mass is 17.8. The van der Waals surface area contributed by atoms with Crippen LogP contribution < -0.4 is 0 Å². The van der Waals surface area contributed by atoms with Gasteiger partial charge in [0.2, 0.25) is 0 Å². The summed E-state index contributed by atoms with van der Waals surface area (Å²) in [6, 6.07) is 0. The van der Waals surface area contributed by atoms with Gasteiger partial charge in [-0.15, -0.1) is 0 Å². The van der Waals surface area contributed by atoms with Crippen LogP contribution in [0.25, 0.3) is 0 Å². The van der Waals surface area contributed by atoms with Crippen molar-refractivity contribution in [1.82, 2.24) is 0 Å². The Morgan fingerprint density at radius 1 is 0.762 bits per heavy atom. The number of carbonyl (C=O) groups excluding carboxylic acids is 3. The molecule has 0 aliphatic rings. The first-order valence-electron chi connectivity index (χ1n) is 5.37. The minimum atomic E-state index is -1.04. The minimum absolute atomic E-state index is 0.0497. The largest absolute Gasteiger partial charge is 0.431 e. The molecule has 21 heavy (non-hydrogen) atoms. The van der Waals surface area contributed by atoms with Gasteiger partial charge in [-0.2, -0.15) is 0 Å². The predicted octanol–water partition coefficient (Wildman–Crippen LogP) is 1.38. The van der Waals surface area contributed by atoms with E-state index in [-0.39, 0.29) is 16.7 Å². The average Bonchev–Trinajstić information content (AvgIpc) is 2.42. The van der Waals surface area contributed by atoms with Crippen molar-refractivity contribution in [2.24, 2.45) is 0 Å². The Morgan fingerprint density at radius 3 is 1.71 bits per heavy atom. The summed E-state index contributed by atoms with van der Waals surface area (Å²) in [6.07, 6.45) is 0.838. The lowest BCUT2D eigenvalue weighted by Gasteiger charge is -2.02. The number of ether oxygens (including phenoxy) is 1. The minimum Gasteiger partial charge on any atom is -0.431 e. The molecular formula is C12H14O9. The molecule has 0 amide bonds. The quantitative estimate of drug-likeness (QED) is 0.164. The van der Waals surface area contributed by atoms with Crippen molar-refractivity contribution in [2.75, 3.05) is 0 Å². The number of carbonyl (C=O) groups is 3. The second-order valence-corrected chi connectivity index (χ2v) is 3.71. The Hall–Kier alpha value is -2.49. The van der Waals surface area contributed by atoms with Crippen molar-refractivity contribution in [3.8, 4) is 0 Å². The molecule has 0 atom stereocenters. The lowest BCUT2D eigenvalue weighted by Crippen LogP contribution is -2.11. The first-order valence-corrected chi connectivity index (χ1v) is 5.37. The summed E-state index contributed by atoms with van der Waals surface area (Å²) < 4.78 is 4.56. The Balaban J connectivity index is 3.96. The number of hydrogen-bond donors (Lipinski definition) is 0. The summed E-state index contributed by atoms with van der Waals surface area (Å²) in [5.74, 6) is -2.67. The Labute approximate surface area is 120 Å². The van der Waals surface area contributed by atoms with Gasteiger partial charge in [0.1, 0.15) is 6.26 Å². The van der Waals surface area contributed by atoms with E-state index in [2.05, 4.69) is 42.8 Å². The molecule has 0 aliphatic heterocycles. The Kier molecular flexibility index (Phi) is 8.30. The standard InChI is InChI=1S/C12H14O9/c1-7(2)10(13)16-6-9(5)12(15)18-20-21-19-17-11(14)8(3)4/h6H,1,3H2,2,4-5H3/b9-6+. The molecule has 0 bridgehead atoms. The highest BCUT2D eigenvalue weighted by molar-refractivity contribution is 5.90. The van der Waals surface area contributed by atoms with Gasteiger partial charge in [0.15, 0.2) is 0 Å². The van der Waals surface area contributed by atoms with Gasteiger partial charge in [-0.05, 0) is 20.8 Å². The molecule has 0 spiro atoms. The number of hydrogen-bond acceptors (Lipinski definition) is 9. The van der Waals surface area contributed by atoms with Gasteiger partial charge in [-0.1, -0.05) is 13.2 Å². The van der Waals surface area contributed by atoms with Gasteiger partial charge in [0, 0.05) is 26.3 Å². The second-order valence-electron chi connectivity index (χ2n) is 3.71. The first-order chi connectivity index (χ1) is 9.75. The van der Waals surface area contributed by atoms with Crippen LogP contribution in [0.15, 0.2) is 36.1 Å². The lowest BCUT2D eigenvalue weighted by molar-refractivity contribution is -0.685. The smallest absolute Gasteiger partial charge is 0.375 e. The zero-order valence-corrected chi connectivity index (χ0v) is 11.7. The van der Waals surface area contributed by atoms with Gasteiger partial charge < -0.3 is 4.74 Å². The van der Waals surface area contributed by atoms with Crippen molar-refractivity contribution >= 4 is 17.9 Å². The second kappa shape index (κ2) is 9.42. The molecule has 116 valence electrons. The van der Waals surface area contributed by atoms with Gasteiger partial charge in [0.05, 0.1) is 5.57 Å². The maximum Gasteiger partial charge on any atom is 0.375 e. The van der Waals surface area contributed by atoms with Gasteiger partial charge in [-0.25, -0.2) is 14.4 Å². The Morgan fingerprint density at radius 2 is 1.24 bits per heavy atom. The summed E-state index contributed by atoms with van der Waals surface area (Å²) in [6.45, 7) is 10.7. The average molecular weight is 302 g/mol. The van der Waals surface area contributed by atoms with Crippen molar-refractivity contribution in [3.63, 3.8) is 0 Å². The number of esters is 1. The zero-order valence-electron chi connectivity index (χ0n) is 11.7. The molecule has 0 aliphatic carbocycles. The maximum absolute atomic E-state index is 11.2. The van der Waals surface area contributed by atoms with Crippen molar-refractivity contribution in [2.45, 2.75) is 20.8 Å².